The molecule has 6 heteroatoms. The second kappa shape index (κ2) is 9.81. The molecule has 1 N–H and O–H groups in total. The van der Waals surface area contributed by atoms with E-state index in [-0.39, 0.29) is 30.2 Å². The minimum atomic E-state index is -0.248. The summed E-state index contributed by atoms with van der Waals surface area (Å²) in [7, 11) is 0. The van der Waals surface area contributed by atoms with Gasteiger partial charge in [-0.25, -0.2) is 4.68 Å². The van der Waals surface area contributed by atoms with Crippen LogP contribution in [0.25, 0.3) is 5.69 Å². The SMILES string of the molecule is CCN(CC(=O)Nc1cc(C(C)(C)C)nn1-c1ccc(C)cc1)C(=O)Cc1ccccc1. The smallest absolute Gasteiger partial charge is 0.245 e. The van der Waals surface area contributed by atoms with Crippen molar-refractivity contribution < 1.29 is 9.59 Å². The van der Waals surface area contributed by atoms with Gasteiger partial charge in [0.05, 0.1) is 24.3 Å². The van der Waals surface area contributed by atoms with Gasteiger partial charge in [0.15, 0.2) is 0 Å². The van der Waals surface area contributed by atoms with Crippen molar-refractivity contribution in [2.45, 2.75) is 46.5 Å². The normalized spacial score (nSPS) is 11.3. The third-order valence-electron chi connectivity index (χ3n) is 5.29. The van der Waals surface area contributed by atoms with E-state index in [2.05, 4.69) is 26.1 Å². The number of aromatic nitrogens is 2. The molecular formula is C26H32N4O2. The molecule has 0 radical (unpaired) electrons. The van der Waals surface area contributed by atoms with Crippen LogP contribution in [0, 0.1) is 6.92 Å². The van der Waals surface area contributed by atoms with Crippen LogP contribution in [0.15, 0.2) is 60.7 Å². The standard InChI is InChI=1S/C26H32N4O2/c1-6-29(25(32)16-20-10-8-7-9-11-20)18-24(31)27-23-17-22(26(3,4)5)28-30(23)21-14-12-19(2)13-15-21/h7-15,17H,6,16,18H2,1-5H3,(H,27,31). The Morgan fingerprint density at radius 3 is 2.28 bits per heavy atom. The number of hydrogen-bond acceptors (Lipinski definition) is 3. The zero-order valence-electron chi connectivity index (χ0n) is 19.6. The van der Waals surface area contributed by atoms with Crippen molar-refractivity contribution >= 4 is 17.6 Å². The number of benzene rings is 2. The molecule has 0 unspecified atom stereocenters. The predicted molar refractivity (Wildman–Crippen MR) is 128 cm³/mol. The van der Waals surface area contributed by atoms with Crippen molar-refractivity contribution in [3.63, 3.8) is 0 Å². The lowest BCUT2D eigenvalue weighted by Gasteiger charge is -2.20. The van der Waals surface area contributed by atoms with Gasteiger partial charge in [-0.05, 0) is 31.5 Å². The first-order valence-electron chi connectivity index (χ1n) is 11.0. The fraction of sp³-hybridized carbons (Fsp3) is 0.346. The van der Waals surface area contributed by atoms with Crippen LogP contribution in [-0.4, -0.2) is 39.6 Å². The van der Waals surface area contributed by atoms with E-state index in [1.54, 1.807) is 9.58 Å². The van der Waals surface area contributed by atoms with Gasteiger partial charge in [-0.3, -0.25) is 9.59 Å². The number of anilines is 1. The highest BCUT2D eigenvalue weighted by atomic mass is 16.2. The summed E-state index contributed by atoms with van der Waals surface area (Å²) in [6.45, 7) is 10.6. The third kappa shape index (κ3) is 5.84. The van der Waals surface area contributed by atoms with Crippen molar-refractivity contribution in [2.24, 2.45) is 0 Å². The summed E-state index contributed by atoms with van der Waals surface area (Å²) < 4.78 is 1.75. The Morgan fingerprint density at radius 2 is 1.69 bits per heavy atom. The molecule has 0 aliphatic carbocycles. The van der Waals surface area contributed by atoms with E-state index in [1.165, 1.54) is 0 Å². The summed E-state index contributed by atoms with van der Waals surface area (Å²) >= 11 is 0. The van der Waals surface area contributed by atoms with Crippen LogP contribution in [-0.2, 0) is 21.4 Å². The van der Waals surface area contributed by atoms with E-state index in [4.69, 9.17) is 5.10 Å². The van der Waals surface area contributed by atoms with E-state index in [1.807, 2.05) is 74.5 Å². The van der Waals surface area contributed by atoms with Gasteiger partial charge in [0.25, 0.3) is 0 Å². The second-order valence-corrected chi connectivity index (χ2v) is 9.03. The van der Waals surface area contributed by atoms with Gasteiger partial charge < -0.3 is 10.2 Å². The number of amides is 2. The van der Waals surface area contributed by atoms with Gasteiger partial charge in [0.1, 0.15) is 5.82 Å². The molecule has 2 amide bonds. The maximum Gasteiger partial charge on any atom is 0.245 e. The van der Waals surface area contributed by atoms with E-state index in [9.17, 15) is 9.59 Å². The second-order valence-electron chi connectivity index (χ2n) is 9.03. The number of carbonyl (C=O) groups excluding carboxylic acids is 2. The summed E-state index contributed by atoms with van der Waals surface area (Å²) in [6, 6.07) is 19.5. The molecule has 0 saturated carbocycles. The van der Waals surface area contributed by atoms with Gasteiger partial charge in [0, 0.05) is 18.0 Å². The van der Waals surface area contributed by atoms with Crippen molar-refractivity contribution in [1.82, 2.24) is 14.7 Å². The monoisotopic (exact) mass is 432 g/mol. The van der Waals surface area contributed by atoms with Gasteiger partial charge in [0.2, 0.25) is 11.8 Å². The Kier molecular flexibility index (Phi) is 7.13. The number of aryl methyl sites for hydroxylation is 1. The minimum absolute atomic E-state index is 0.00784. The number of hydrogen-bond donors (Lipinski definition) is 1. The molecule has 1 heterocycles. The van der Waals surface area contributed by atoms with Crippen LogP contribution in [0.2, 0.25) is 0 Å². The number of nitrogens with one attached hydrogen (secondary N) is 1. The molecule has 0 spiro atoms. The molecule has 3 aromatic rings. The molecule has 0 fully saturated rings. The summed E-state index contributed by atoms with van der Waals surface area (Å²) in [4.78, 5) is 27.2. The van der Waals surface area contributed by atoms with Gasteiger partial charge in [-0.1, -0.05) is 68.8 Å². The van der Waals surface area contributed by atoms with Crippen LogP contribution >= 0.6 is 0 Å². The van der Waals surface area contributed by atoms with E-state index < -0.39 is 0 Å². The van der Waals surface area contributed by atoms with Crippen LogP contribution in [0.5, 0.6) is 0 Å². The Morgan fingerprint density at radius 1 is 1.03 bits per heavy atom. The minimum Gasteiger partial charge on any atom is -0.333 e. The number of rotatable bonds is 7. The highest BCUT2D eigenvalue weighted by Crippen LogP contribution is 2.26. The largest absolute Gasteiger partial charge is 0.333 e. The van der Waals surface area contributed by atoms with Gasteiger partial charge in [-0.15, -0.1) is 0 Å². The van der Waals surface area contributed by atoms with Crippen molar-refractivity contribution in [3.8, 4) is 5.69 Å². The Hall–Kier alpha value is -3.41. The maximum atomic E-state index is 12.9. The Bertz CT molecular complexity index is 1060. The number of carbonyl (C=O) groups is 2. The molecular weight excluding hydrogens is 400 g/mol. The van der Waals surface area contributed by atoms with Crippen molar-refractivity contribution in [3.05, 3.63) is 77.5 Å². The average Bonchev–Trinajstić information content (AvgIpc) is 3.17. The predicted octanol–water partition coefficient (Wildman–Crippen LogP) is 4.51. The number of nitrogens with zero attached hydrogens (tertiary/aromatic N) is 3. The molecule has 0 aliphatic rings. The number of likely N-dealkylation sites (N-methyl/N-ethyl adjacent to an activating group) is 1. The van der Waals surface area contributed by atoms with Crippen LogP contribution in [0.4, 0.5) is 5.82 Å². The average molecular weight is 433 g/mol. The van der Waals surface area contributed by atoms with Crippen LogP contribution < -0.4 is 5.32 Å². The first kappa shape index (κ1) is 23.3. The first-order chi connectivity index (χ1) is 15.2. The fourth-order valence-electron chi connectivity index (χ4n) is 3.33. The van der Waals surface area contributed by atoms with E-state index >= 15 is 0 Å². The summed E-state index contributed by atoms with van der Waals surface area (Å²) in [5, 5.41) is 7.71. The summed E-state index contributed by atoms with van der Waals surface area (Å²) in [5.74, 6) is 0.272. The molecule has 0 aliphatic heterocycles. The van der Waals surface area contributed by atoms with E-state index in [0.717, 1.165) is 22.5 Å². The Balaban J connectivity index is 1.77. The Labute approximate surface area is 190 Å². The molecule has 1 aromatic heterocycles. The van der Waals surface area contributed by atoms with Crippen molar-refractivity contribution in [2.75, 3.05) is 18.4 Å². The lowest BCUT2D eigenvalue weighted by molar-refractivity contribution is -0.133. The lowest BCUT2D eigenvalue weighted by atomic mass is 9.92. The molecule has 0 saturated heterocycles. The van der Waals surface area contributed by atoms with Crippen molar-refractivity contribution in [1.29, 1.82) is 0 Å². The maximum absolute atomic E-state index is 12.9. The molecule has 2 aromatic carbocycles. The van der Waals surface area contributed by atoms with Gasteiger partial charge >= 0.3 is 0 Å². The first-order valence-corrected chi connectivity index (χ1v) is 11.0. The summed E-state index contributed by atoms with van der Waals surface area (Å²) in [6.07, 6.45) is 0.275. The molecule has 3 rings (SSSR count). The fourth-order valence-corrected chi connectivity index (χ4v) is 3.33. The quantitative estimate of drug-likeness (QED) is 0.597. The van der Waals surface area contributed by atoms with Crippen LogP contribution in [0.3, 0.4) is 0 Å². The third-order valence-corrected chi connectivity index (χ3v) is 5.29. The van der Waals surface area contributed by atoms with E-state index in [0.29, 0.717) is 12.4 Å². The molecule has 0 bridgehead atoms. The highest BCUT2D eigenvalue weighted by Gasteiger charge is 2.22. The topological polar surface area (TPSA) is 67.2 Å². The highest BCUT2D eigenvalue weighted by molar-refractivity contribution is 5.94. The molecule has 168 valence electrons. The lowest BCUT2D eigenvalue weighted by Crippen LogP contribution is -2.38. The zero-order chi connectivity index (χ0) is 23.3. The van der Waals surface area contributed by atoms with Gasteiger partial charge in [-0.2, -0.15) is 5.10 Å². The molecule has 6 nitrogen and oxygen atoms in total. The van der Waals surface area contributed by atoms with Crippen LogP contribution in [0.1, 0.15) is 44.5 Å². The zero-order valence-corrected chi connectivity index (χ0v) is 19.6. The summed E-state index contributed by atoms with van der Waals surface area (Å²) in [5.41, 5.74) is 3.66. The molecule has 0 atom stereocenters. The molecule has 32 heavy (non-hydrogen) atoms.